The Morgan fingerprint density at radius 3 is 2.37 bits per heavy atom. The topological polar surface area (TPSA) is 85.8 Å². The van der Waals surface area contributed by atoms with Crippen molar-refractivity contribution in [2.75, 3.05) is 11.1 Å². The number of pyridine rings is 1. The van der Waals surface area contributed by atoms with Crippen LogP contribution in [0.4, 0.5) is 24.8 Å². The molecule has 0 radical (unpaired) electrons. The van der Waals surface area contributed by atoms with Crippen molar-refractivity contribution in [1.29, 1.82) is 0 Å². The number of alkyl halides is 3. The van der Waals surface area contributed by atoms with E-state index in [1.807, 2.05) is 6.92 Å². The van der Waals surface area contributed by atoms with Gasteiger partial charge in [0.2, 0.25) is 0 Å². The summed E-state index contributed by atoms with van der Waals surface area (Å²) in [5, 5.41) is 6.06. The quantitative estimate of drug-likeness (QED) is 0.732. The van der Waals surface area contributed by atoms with Crippen molar-refractivity contribution in [1.82, 2.24) is 14.8 Å². The summed E-state index contributed by atoms with van der Waals surface area (Å²) in [5.41, 5.74) is 6.80. The molecule has 0 aliphatic rings. The Morgan fingerprint density at radius 1 is 1.15 bits per heavy atom. The van der Waals surface area contributed by atoms with Crippen LogP contribution in [0, 0.1) is 6.92 Å². The number of anilines is 2. The van der Waals surface area contributed by atoms with Crippen molar-refractivity contribution in [3.05, 3.63) is 59.3 Å². The lowest BCUT2D eigenvalue weighted by atomic mass is 10.1. The normalized spacial score (nSPS) is 11.4. The molecule has 9 heteroatoms. The van der Waals surface area contributed by atoms with Crippen molar-refractivity contribution >= 4 is 17.5 Å². The molecule has 6 nitrogen and oxygen atoms in total. The van der Waals surface area contributed by atoms with Gasteiger partial charge in [0.1, 0.15) is 11.6 Å². The Hall–Kier alpha value is -3.36. The molecular weight excluding hydrogens is 359 g/mol. The maximum Gasteiger partial charge on any atom is 0.435 e. The molecule has 0 atom stereocenters. The second-order valence-electron chi connectivity index (χ2n) is 5.99. The molecule has 140 valence electrons. The number of benzene rings is 1. The van der Waals surface area contributed by atoms with E-state index in [-0.39, 0.29) is 28.8 Å². The number of nitrogen functional groups attached to an aromatic ring is 1. The number of rotatable bonds is 3. The number of aryl methyl sites for hydroxylation is 2. The fourth-order valence-corrected chi connectivity index (χ4v) is 2.51. The largest absolute Gasteiger partial charge is 0.435 e. The van der Waals surface area contributed by atoms with Gasteiger partial charge in [0.25, 0.3) is 5.91 Å². The highest BCUT2D eigenvalue weighted by molar-refractivity contribution is 6.04. The van der Waals surface area contributed by atoms with Crippen molar-refractivity contribution in [2.24, 2.45) is 7.05 Å². The molecule has 1 amide bonds. The van der Waals surface area contributed by atoms with Gasteiger partial charge >= 0.3 is 6.18 Å². The molecule has 2 aromatic heterocycles. The lowest BCUT2D eigenvalue weighted by molar-refractivity contribution is -0.141. The van der Waals surface area contributed by atoms with E-state index in [1.165, 1.54) is 19.2 Å². The second kappa shape index (κ2) is 6.75. The van der Waals surface area contributed by atoms with Crippen molar-refractivity contribution in [2.45, 2.75) is 13.1 Å². The summed E-state index contributed by atoms with van der Waals surface area (Å²) in [4.78, 5) is 16.3. The van der Waals surface area contributed by atoms with E-state index in [4.69, 9.17) is 5.73 Å². The van der Waals surface area contributed by atoms with Crippen LogP contribution < -0.4 is 11.1 Å². The van der Waals surface area contributed by atoms with Gasteiger partial charge in [-0.3, -0.25) is 9.48 Å². The summed E-state index contributed by atoms with van der Waals surface area (Å²) >= 11 is 0. The smallest absolute Gasteiger partial charge is 0.383 e. The number of carbonyl (C=O) groups is 1. The lowest BCUT2D eigenvalue weighted by Crippen LogP contribution is -2.13. The summed E-state index contributed by atoms with van der Waals surface area (Å²) in [6.45, 7) is 1.91. The van der Waals surface area contributed by atoms with Gasteiger partial charge < -0.3 is 11.1 Å². The van der Waals surface area contributed by atoms with Crippen LogP contribution in [0.15, 0.2) is 42.5 Å². The Balaban J connectivity index is 1.85. The third-order valence-corrected chi connectivity index (χ3v) is 3.93. The zero-order valence-electron chi connectivity index (χ0n) is 14.5. The lowest BCUT2D eigenvalue weighted by Gasteiger charge is -2.09. The molecule has 0 unspecified atom stereocenters. The average Bonchev–Trinajstić information content (AvgIpc) is 2.97. The van der Waals surface area contributed by atoms with E-state index in [2.05, 4.69) is 15.4 Å². The SMILES string of the molecule is Cc1ccc(C(=O)Nc2ccc(-c3cc(C(F)(F)F)nn3C)c(N)n2)cc1. The zero-order valence-corrected chi connectivity index (χ0v) is 14.5. The van der Waals surface area contributed by atoms with Gasteiger partial charge in [-0.05, 0) is 37.3 Å². The van der Waals surface area contributed by atoms with Gasteiger partial charge in [-0.1, -0.05) is 17.7 Å². The van der Waals surface area contributed by atoms with E-state index >= 15 is 0 Å². The maximum absolute atomic E-state index is 12.8. The van der Waals surface area contributed by atoms with Crippen LogP contribution in [-0.2, 0) is 13.2 Å². The Labute approximate surface area is 152 Å². The Bertz CT molecular complexity index is 993. The van der Waals surface area contributed by atoms with Crippen LogP contribution >= 0.6 is 0 Å². The summed E-state index contributed by atoms with van der Waals surface area (Å²) in [5.74, 6) is -0.192. The number of hydrogen-bond donors (Lipinski definition) is 2. The molecule has 2 heterocycles. The van der Waals surface area contributed by atoms with Gasteiger partial charge in [-0.15, -0.1) is 0 Å². The van der Waals surface area contributed by atoms with E-state index in [0.717, 1.165) is 16.3 Å². The minimum atomic E-state index is -4.56. The number of nitrogens with one attached hydrogen (secondary N) is 1. The van der Waals surface area contributed by atoms with Crippen molar-refractivity contribution < 1.29 is 18.0 Å². The Kier molecular flexibility index (Phi) is 4.61. The van der Waals surface area contributed by atoms with Gasteiger partial charge in [0.05, 0.1) is 5.69 Å². The standard InChI is InChI=1S/C18H16F3N5O/c1-10-3-5-11(6-4-10)17(27)24-15-8-7-12(16(22)23-15)13-9-14(18(19,20)21)25-26(13)2/h3-9H,1-2H3,(H3,22,23,24,27). The number of carbonyl (C=O) groups excluding carboxylic acids is 1. The fraction of sp³-hybridized carbons (Fsp3) is 0.167. The van der Waals surface area contributed by atoms with E-state index in [1.54, 1.807) is 24.3 Å². The molecule has 3 aromatic rings. The van der Waals surface area contributed by atoms with Gasteiger partial charge in [-0.2, -0.15) is 18.3 Å². The predicted octanol–water partition coefficient (Wildman–Crippen LogP) is 3.64. The first-order valence-electron chi connectivity index (χ1n) is 7.91. The van der Waals surface area contributed by atoms with Gasteiger partial charge in [-0.25, -0.2) is 4.98 Å². The molecule has 0 spiro atoms. The zero-order chi connectivity index (χ0) is 19.8. The van der Waals surface area contributed by atoms with Crippen LogP contribution in [0.5, 0.6) is 0 Å². The molecule has 0 bridgehead atoms. The van der Waals surface area contributed by atoms with E-state index in [0.29, 0.717) is 5.56 Å². The minimum absolute atomic E-state index is 0.0200. The summed E-state index contributed by atoms with van der Waals surface area (Å²) in [6, 6.07) is 10.8. The van der Waals surface area contributed by atoms with Crippen molar-refractivity contribution in [3.63, 3.8) is 0 Å². The summed E-state index contributed by atoms with van der Waals surface area (Å²) < 4.78 is 39.5. The van der Waals surface area contributed by atoms with Gasteiger partial charge in [0.15, 0.2) is 5.69 Å². The van der Waals surface area contributed by atoms with E-state index < -0.39 is 11.9 Å². The third kappa shape index (κ3) is 3.91. The third-order valence-electron chi connectivity index (χ3n) is 3.93. The molecule has 3 rings (SSSR count). The summed E-state index contributed by atoms with van der Waals surface area (Å²) in [6.07, 6.45) is -4.56. The van der Waals surface area contributed by atoms with Crippen LogP contribution in [0.3, 0.4) is 0 Å². The molecule has 0 saturated heterocycles. The molecule has 0 aliphatic carbocycles. The van der Waals surface area contributed by atoms with E-state index in [9.17, 15) is 18.0 Å². The van der Waals surface area contributed by atoms with Gasteiger partial charge in [0, 0.05) is 18.2 Å². The second-order valence-corrected chi connectivity index (χ2v) is 5.99. The first kappa shape index (κ1) is 18.4. The average molecular weight is 375 g/mol. The Morgan fingerprint density at radius 2 is 1.81 bits per heavy atom. The molecule has 0 saturated carbocycles. The molecule has 1 aromatic carbocycles. The molecule has 3 N–H and O–H groups in total. The number of nitrogens with two attached hydrogens (primary N) is 1. The first-order valence-corrected chi connectivity index (χ1v) is 7.91. The summed E-state index contributed by atoms with van der Waals surface area (Å²) in [7, 11) is 1.39. The molecular formula is C18H16F3N5O. The number of amides is 1. The van der Waals surface area contributed by atoms with Crippen LogP contribution in [0.25, 0.3) is 11.3 Å². The van der Waals surface area contributed by atoms with Crippen molar-refractivity contribution in [3.8, 4) is 11.3 Å². The van der Waals surface area contributed by atoms with Crippen LogP contribution in [-0.4, -0.2) is 20.7 Å². The minimum Gasteiger partial charge on any atom is -0.383 e. The number of hydrogen-bond acceptors (Lipinski definition) is 4. The molecule has 0 aliphatic heterocycles. The van der Waals surface area contributed by atoms with Crippen LogP contribution in [0.1, 0.15) is 21.6 Å². The molecule has 27 heavy (non-hydrogen) atoms. The highest BCUT2D eigenvalue weighted by Crippen LogP contribution is 2.33. The molecule has 0 fully saturated rings. The first-order chi connectivity index (χ1) is 12.6. The monoisotopic (exact) mass is 375 g/mol. The highest BCUT2D eigenvalue weighted by atomic mass is 19.4. The number of halogens is 3. The number of nitrogens with zero attached hydrogens (tertiary/aromatic N) is 3. The highest BCUT2D eigenvalue weighted by Gasteiger charge is 2.35. The van der Waals surface area contributed by atoms with Crippen LogP contribution in [0.2, 0.25) is 0 Å². The maximum atomic E-state index is 12.8. The fourth-order valence-electron chi connectivity index (χ4n) is 2.51. The predicted molar refractivity (Wildman–Crippen MR) is 95.0 cm³/mol. The number of aromatic nitrogens is 3.